The second-order valence-corrected chi connectivity index (χ2v) is 4.63. The van der Waals surface area contributed by atoms with Gasteiger partial charge in [0.2, 0.25) is 11.8 Å². The van der Waals surface area contributed by atoms with Crippen LogP contribution >= 0.6 is 0 Å². The van der Waals surface area contributed by atoms with Gasteiger partial charge in [-0.2, -0.15) is 0 Å². The molecule has 1 N–H and O–H groups in total. The fourth-order valence-corrected chi connectivity index (χ4v) is 2.08. The van der Waals surface area contributed by atoms with Gasteiger partial charge in [0.1, 0.15) is 0 Å². The summed E-state index contributed by atoms with van der Waals surface area (Å²) in [5.41, 5.74) is -0.141. The van der Waals surface area contributed by atoms with Crippen LogP contribution in [0.4, 0.5) is 0 Å². The van der Waals surface area contributed by atoms with Gasteiger partial charge in [0.05, 0.1) is 6.54 Å². The van der Waals surface area contributed by atoms with Crippen LogP contribution in [0.5, 0.6) is 0 Å². The molecule has 1 saturated heterocycles. The molecule has 0 aromatic heterocycles. The van der Waals surface area contributed by atoms with Crippen LogP contribution in [-0.4, -0.2) is 35.3 Å². The zero-order valence-corrected chi connectivity index (χ0v) is 9.80. The van der Waals surface area contributed by atoms with Crippen LogP contribution in [0.1, 0.15) is 40.0 Å². The number of nitrogens with one attached hydrogen (secondary N) is 1. The lowest BCUT2D eigenvalue weighted by atomic mass is 9.96. The zero-order chi connectivity index (χ0) is 11.5. The summed E-state index contributed by atoms with van der Waals surface area (Å²) >= 11 is 0. The summed E-state index contributed by atoms with van der Waals surface area (Å²) in [6, 6.07) is 0. The highest BCUT2D eigenvalue weighted by Gasteiger charge is 2.31. The van der Waals surface area contributed by atoms with Crippen LogP contribution in [0.15, 0.2) is 0 Å². The van der Waals surface area contributed by atoms with E-state index in [1.165, 1.54) is 0 Å². The third-order valence-electron chi connectivity index (χ3n) is 2.89. The van der Waals surface area contributed by atoms with Crippen LogP contribution in [-0.2, 0) is 9.59 Å². The Labute approximate surface area is 91.0 Å². The van der Waals surface area contributed by atoms with Crippen molar-refractivity contribution in [1.82, 2.24) is 10.2 Å². The van der Waals surface area contributed by atoms with Crippen molar-refractivity contribution in [1.29, 1.82) is 0 Å². The number of carbonyl (C=O) groups excluding carboxylic acids is 2. The van der Waals surface area contributed by atoms with Crippen molar-refractivity contribution >= 4 is 11.8 Å². The highest BCUT2D eigenvalue weighted by molar-refractivity contribution is 5.87. The van der Waals surface area contributed by atoms with Crippen molar-refractivity contribution in [2.24, 2.45) is 0 Å². The standard InChI is InChI=1S/C11H20N2O2/c1-4-6-11(2,3)13-7-5-9(14)12-8-10(13)15/h4-8H2,1-3H3,(H,12,14). The summed E-state index contributed by atoms with van der Waals surface area (Å²) in [6.45, 7) is 6.91. The van der Waals surface area contributed by atoms with Crippen LogP contribution in [0.2, 0.25) is 0 Å². The van der Waals surface area contributed by atoms with Crippen molar-refractivity contribution in [3.8, 4) is 0 Å². The van der Waals surface area contributed by atoms with Crippen molar-refractivity contribution < 1.29 is 9.59 Å². The van der Waals surface area contributed by atoms with E-state index >= 15 is 0 Å². The van der Waals surface area contributed by atoms with Gasteiger partial charge in [-0.25, -0.2) is 0 Å². The highest BCUT2D eigenvalue weighted by Crippen LogP contribution is 2.21. The van der Waals surface area contributed by atoms with Crippen LogP contribution in [0, 0.1) is 0 Å². The molecule has 15 heavy (non-hydrogen) atoms. The quantitative estimate of drug-likeness (QED) is 0.756. The topological polar surface area (TPSA) is 49.4 Å². The summed E-state index contributed by atoms with van der Waals surface area (Å²) < 4.78 is 0. The third kappa shape index (κ3) is 2.94. The summed E-state index contributed by atoms with van der Waals surface area (Å²) in [4.78, 5) is 24.8. The smallest absolute Gasteiger partial charge is 0.242 e. The van der Waals surface area contributed by atoms with Gasteiger partial charge in [-0.05, 0) is 20.3 Å². The van der Waals surface area contributed by atoms with Crippen LogP contribution in [0.3, 0.4) is 0 Å². The van der Waals surface area contributed by atoms with Gasteiger partial charge in [0, 0.05) is 18.5 Å². The lowest BCUT2D eigenvalue weighted by molar-refractivity contribution is -0.135. The van der Waals surface area contributed by atoms with Crippen LogP contribution in [0.25, 0.3) is 0 Å². The first-order valence-electron chi connectivity index (χ1n) is 5.54. The van der Waals surface area contributed by atoms with E-state index in [0.717, 1.165) is 12.8 Å². The molecule has 1 rings (SSSR count). The Morgan fingerprint density at radius 3 is 2.67 bits per heavy atom. The molecule has 4 nitrogen and oxygen atoms in total. The molecule has 0 radical (unpaired) electrons. The number of rotatable bonds is 3. The van der Waals surface area contributed by atoms with Gasteiger partial charge < -0.3 is 10.2 Å². The number of nitrogens with zero attached hydrogens (tertiary/aromatic N) is 1. The first kappa shape index (κ1) is 12.0. The van der Waals surface area contributed by atoms with E-state index in [1.807, 2.05) is 4.90 Å². The largest absolute Gasteiger partial charge is 0.347 e. The number of carbonyl (C=O) groups is 2. The Hall–Kier alpha value is -1.06. The van der Waals surface area contributed by atoms with Gasteiger partial charge in [0.15, 0.2) is 0 Å². The monoisotopic (exact) mass is 212 g/mol. The minimum atomic E-state index is -0.141. The molecule has 2 amide bonds. The lowest BCUT2D eigenvalue weighted by Gasteiger charge is -2.37. The summed E-state index contributed by atoms with van der Waals surface area (Å²) in [5, 5.41) is 2.61. The second-order valence-electron chi connectivity index (χ2n) is 4.63. The third-order valence-corrected chi connectivity index (χ3v) is 2.89. The predicted octanol–water partition coefficient (Wildman–Crippen LogP) is 0.914. The molecule has 4 heteroatoms. The molecule has 0 atom stereocenters. The Kier molecular flexibility index (Phi) is 3.72. The zero-order valence-electron chi connectivity index (χ0n) is 9.80. The normalized spacial score (nSPS) is 18.7. The van der Waals surface area contributed by atoms with Gasteiger partial charge in [-0.15, -0.1) is 0 Å². The second kappa shape index (κ2) is 4.64. The average Bonchev–Trinajstić information content (AvgIpc) is 2.29. The molecule has 1 fully saturated rings. The van der Waals surface area contributed by atoms with E-state index in [1.54, 1.807) is 0 Å². The van der Waals surface area contributed by atoms with E-state index in [9.17, 15) is 9.59 Å². The van der Waals surface area contributed by atoms with E-state index < -0.39 is 0 Å². The fourth-order valence-electron chi connectivity index (χ4n) is 2.08. The number of amides is 2. The predicted molar refractivity (Wildman–Crippen MR) is 58.3 cm³/mol. The summed E-state index contributed by atoms with van der Waals surface area (Å²) in [6.07, 6.45) is 2.42. The van der Waals surface area contributed by atoms with E-state index in [-0.39, 0.29) is 23.9 Å². The first-order valence-corrected chi connectivity index (χ1v) is 5.54. The molecular weight excluding hydrogens is 192 g/mol. The Balaban J connectivity index is 2.74. The van der Waals surface area contributed by atoms with E-state index in [0.29, 0.717) is 13.0 Å². The molecule has 1 heterocycles. The maximum Gasteiger partial charge on any atom is 0.242 e. The van der Waals surface area contributed by atoms with Gasteiger partial charge in [-0.1, -0.05) is 13.3 Å². The minimum absolute atomic E-state index is 0.0271. The number of hydrogen-bond donors (Lipinski definition) is 1. The molecular formula is C11H20N2O2. The van der Waals surface area contributed by atoms with Gasteiger partial charge in [0.25, 0.3) is 0 Å². The average molecular weight is 212 g/mol. The molecule has 1 aliphatic heterocycles. The molecule has 0 saturated carbocycles. The van der Waals surface area contributed by atoms with E-state index in [4.69, 9.17) is 0 Å². The molecule has 1 aliphatic rings. The molecule has 0 aromatic rings. The number of hydrogen-bond acceptors (Lipinski definition) is 2. The molecule has 86 valence electrons. The molecule has 0 unspecified atom stereocenters. The SMILES string of the molecule is CCCC(C)(C)N1CCC(=O)NCC1=O. The van der Waals surface area contributed by atoms with Gasteiger partial charge >= 0.3 is 0 Å². The minimum Gasteiger partial charge on any atom is -0.347 e. The summed E-state index contributed by atoms with van der Waals surface area (Å²) in [7, 11) is 0. The van der Waals surface area contributed by atoms with Crippen molar-refractivity contribution in [3.05, 3.63) is 0 Å². The first-order chi connectivity index (χ1) is 6.97. The highest BCUT2D eigenvalue weighted by atomic mass is 16.2. The lowest BCUT2D eigenvalue weighted by Crippen LogP contribution is -2.49. The van der Waals surface area contributed by atoms with Crippen LogP contribution < -0.4 is 5.32 Å². The molecule has 0 aliphatic carbocycles. The maximum absolute atomic E-state index is 11.8. The van der Waals surface area contributed by atoms with Gasteiger partial charge in [-0.3, -0.25) is 9.59 Å². The molecule has 0 aromatic carbocycles. The molecule has 0 bridgehead atoms. The Bertz CT molecular complexity index is 261. The Morgan fingerprint density at radius 2 is 2.07 bits per heavy atom. The van der Waals surface area contributed by atoms with Crippen molar-refractivity contribution in [3.63, 3.8) is 0 Å². The van der Waals surface area contributed by atoms with Crippen molar-refractivity contribution in [2.75, 3.05) is 13.1 Å². The van der Waals surface area contributed by atoms with E-state index in [2.05, 4.69) is 26.1 Å². The summed E-state index contributed by atoms with van der Waals surface area (Å²) in [5.74, 6) is -0.00236. The Morgan fingerprint density at radius 1 is 1.40 bits per heavy atom. The van der Waals surface area contributed by atoms with Crippen molar-refractivity contribution in [2.45, 2.75) is 45.6 Å². The fraction of sp³-hybridized carbons (Fsp3) is 0.818. The molecule has 0 spiro atoms. The maximum atomic E-state index is 11.8.